The Morgan fingerprint density at radius 2 is 1.67 bits per heavy atom. The fourth-order valence-corrected chi connectivity index (χ4v) is 2.77. The molecule has 0 fully saturated rings. The second kappa shape index (κ2) is 8.39. The van der Waals surface area contributed by atoms with Crippen LogP contribution >= 0.6 is 0 Å². The highest BCUT2D eigenvalue weighted by atomic mass is 16.5. The Hall–Kier alpha value is -2.49. The van der Waals surface area contributed by atoms with Gasteiger partial charge in [-0.1, -0.05) is 44.2 Å². The van der Waals surface area contributed by atoms with Crippen LogP contribution in [0.1, 0.15) is 47.8 Å². The fraction of sp³-hybridized carbons (Fsp3) is 0.350. The van der Waals surface area contributed by atoms with Crippen molar-refractivity contribution in [2.24, 2.45) is 0 Å². The van der Waals surface area contributed by atoms with Crippen molar-refractivity contribution in [2.75, 3.05) is 14.2 Å². The molecule has 4 nitrogen and oxygen atoms in total. The first-order chi connectivity index (χ1) is 11.6. The molecule has 0 heterocycles. The maximum atomic E-state index is 12.8. The van der Waals surface area contributed by atoms with E-state index in [-0.39, 0.29) is 11.9 Å². The van der Waals surface area contributed by atoms with Crippen molar-refractivity contribution in [1.82, 2.24) is 5.32 Å². The normalized spacial score (nSPS) is 11.7. The second-order valence-corrected chi connectivity index (χ2v) is 5.56. The van der Waals surface area contributed by atoms with E-state index in [1.807, 2.05) is 43.3 Å². The first-order valence-corrected chi connectivity index (χ1v) is 8.25. The molecule has 0 aliphatic heterocycles. The summed E-state index contributed by atoms with van der Waals surface area (Å²) < 4.78 is 10.7. The first-order valence-electron chi connectivity index (χ1n) is 8.25. The predicted molar refractivity (Wildman–Crippen MR) is 95.9 cm³/mol. The predicted octanol–water partition coefficient (Wildman–Crippen LogP) is 4.15. The number of rotatable bonds is 7. The van der Waals surface area contributed by atoms with Crippen LogP contribution in [0, 0.1) is 0 Å². The molecule has 2 aromatic carbocycles. The third kappa shape index (κ3) is 3.88. The second-order valence-electron chi connectivity index (χ2n) is 5.56. The molecule has 1 unspecified atom stereocenters. The van der Waals surface area contributed by atoms with Gasteiger partial charge in [-0.05, 0) is 36.1 Å². The molecule has 0 aliphatic carbocycles. The smallest absolute Gasteiger partial charge is 0.252 e. The molecule has 2 aromatic rings. The Bertz CT molecular complexity index is 683. The van der Waals surface area contributed by atoms with Crippen LogP contribution in [0.2, 0.25) is 0 Å². The van der Waals surface area contributed by atoms with Gasteiger partial charge in [0.15, 0.2) is 11.5 Å². The van der Waals surface area contributed by atoms with Crippen LogP contribution < -0.4 is 14.8 Å². The molecule has 0 aliphatic rings. The van der Waals surface area contributed by atoms with E-state index >= 15 is 0 Å². The van der Waals surface area contributed by atoms with Crippen LogP contribution in [0.3, 0.4) is 0 Å². The number of amides is 1. The van der Waals surface area contributed by atoms with Crippen molar-refractivity contribution >= 4 is 5.91 Å². The van der Waals surface area contributed by atoms with Gasteiger partial charge >= 0.3 is 0 Å². The molecule has 4 heteroatoms. The number of hydrogen-bond acceptors (Lipinski definition) is 3. The number of carbonyl (C=O) groups excluding carboxylic acids is 1. The molecule has 1 N–H and O–H groups in total. The van der Waals surface area contributed by atoms with Crippen LogP contribution in [0.5, 0.6) is 11.5 Å². The number of benzene rings is 2. The van der Waals surface area contributed by atoms with E-state index in [2.05, 4.69) is 12.2 Å². The Morgan fingerprint density at radius 1 is 1.04 bits per heavy atom. The van der Waals surface area contributed by atoms with Gasteiger partial charge < -0.3 is 14.8 Å². The molecule has 1 atom stereocenters. The van der Waals surface area contributed by atoms with E-state index < -0.39 is 0 Å². The Morgan fingerprint density at radius 3 is 2.21 bits per heavy atom. The minimum atomic E-state index is -0.0940. The van der Waals surface area contributed by atoms with E-state index in [4.69, 9.17) is 9.47 Å². The third-order valence-electron chi connectivity index (χ3n) is 4.15. The van der Waals surface area contributed by atoms with Gasteiger partial charge in [0.1, 0.15) is 0 Å². The molecule has 1 amide bonds. The van der Waals surface area contributed by atoms with Crippen LogP contribution in [0.15, 0.2) is 42.5 Å². The van der Waals surface area contributed by atoms with Crippen molar-refractivity contribution in [1.29, 1.82) is 0 Å². The maximum absolute atomic E-state index is 12.8. The number of methoxy groups -OCH3 is 2. The van der Waals surface area contributed by atoms with Gasteiger partial charge in [0, 0.05) is 5.56 Å². The number of carbonyl (C=O) groups is 1. The van der Waals surface area contributed by atoms with Crippen molar-refractivity contribution in [3.63, 3.8) is 0 Å². The Kier molecular flexibility index (Phi) is 6.24. The van der Waals surface area contributed by atoms with Crippen LogP contribution in [-0.2, 0) is 6.42 Å². The molecule has 0 radical (unpaired) electrons. The van der Waals surface area contributed by atoms with Gasteiger partial charge in [0.25, 0.3) is 5.91 Å². The lowest BCUT2D eigenvalue weighted by Gasteiger charge is -2.19. The molecule has 0 saturated carbocycles. The van der Waals surface area contributed by atoms with Gasteiger partial charge in [-0.25, -0.2) is 0 Å². The van der Waals surface area contributed by atoms with E-state index in [9.17, 15) is 4.79 Å². The summed E-state index contributed by atoms with van der Waals surface area (Å²) in [5.41, 5.74) is 2.67. The summed E-state index contributed by atoms with van der Waals surface area (Å²) in [6.07, 6.45) is 1.57. The average molecular weight is 327 g/mol. The SMILES string of the molecule is CCc1cc(OC)c(OC)cc1C(=O)NC(CC)c1ccccc1. The molecule has 0 spiro atoms. The summed E-state index contributed by atoms with van der Waals surface area (Å²) in [7, 11) is 3.17. The number of hydrogen-bond donors (Lipinski definition) is 1. The van der Waals surface area contributed by atoms with Gasteiger partial charge in [-0.15, -0.1) is 0 Å². The molecule has 24 heavy (non-hydrogen) atoms. The van der Waals surface area contributed by atoms with Crippen LogP contribution in [0.25, 0.3) is 0 Å². The lowest BCUT2D eigenvalue weighted by atomic mass is 10.0. The maximum Gasteiger partial charge on any atom is 0.252 e. The summed E-state index contributed by atoms with van der Waals surface area (Å²) in [4.78, 5) is 12.8. The zero-order valence-electron chi connectivity index (χ0n) is 14.8. The largest absolute Gasteiger partial charge is 0.493 e. The minimum Gasteiger partial charge on any atom is -0.493 e. The van der Waals surface area contributed by atoms with Crippen molar-refractivity contribution in [3.8, 4) is 11.5 Å². The third-order valence-corrected chi connectivity index (χ3v) is 4.15. The molecule has 2 rings (SSSR count). The fourth-order valence-electron chi connectivity index (χ4n) is 2.77. The Labute approximate surface area is 143 Å². The quantitative estimate of drug-likeness (QED) is 0.831. The monoisotopic (exact) mass is 327 g/mol. The molecule has 0 bridgehead atoms. The standard InChI is InChI=1S/C20H25NO3/c1-5-14-12-18(23-3)19(24-4)13-16(14)20(22)21-17(6-2)15-10-8-7-9-11-15/h7-13,17H,5-6H2,1-4H3,(H,21,22). The molecule has 0 aromatic heterocycles. The van der Waals surface area contributed by atoms with Gasteiger partial charge in [-0.2, -0.15) is 0 Å². The van der Waals surface area contributed by atoms with Gasteiger partial charge in [-0.3, -0.25) is 4.79 Å². The van der Waals surface area contributed by atoms with Crippen molar-refractivity contribution < 1.29 is 14.3 Å². The van der Waals surface area contributed by atoms with E-state index in [1.165, 1.54) is 0 Å². The van der Waals surface area contributed by atoms with E-state index in [1.54, 1.807) is 20.3 Å². The number of ether oxygens (including phenoxy) is 2. The molecular weight excluding hydrogens is 302 g/mol. The highest BCUT2D eigenvalue weighted by molar-refractivity contribution is 5.96. The zero-order chi connectivity index (χ0) is 17.5. The molecule has 0 saturated heterocycles. The minimum absolute atomic E-state index is 0.0171. The zero-order valence-corrected chi connectivity index (χ0v) is 14.8. The number of aryl methyl sites for hydroxylation is 1. The summed E-state index contributed by atoms with van der Waals surface area (Å²) >= 11 is 0. The molecule has 128 valence electrons. The van der Waals surface area contributed by atoms with Crippen molar-refractivity contribution in [3.05, 3.63) is 59.2 Å². The highest BCUT2D eigenvalue weighted by Gasteiger charge is 2.19. The van der Waals surface area contributed by atoms with Crippen LogP contribution in [-0.4, -0.2) is 20.1 Å². The highest BCUT2D eigenvalue weighted by Crippen LogP contribution is 2.31. The lowest BCUT2D eigenvalue weighted by molar-refractivity contribution is 0.0934. The van der Waals surface area contributed by atoms with Crippen molar-refractivity contribution in [2.45, 2.75) is 32.7 Å². The summed E-state index contributed by atoms with van der Waals surface area (Å²) in [6.45, 7) is 4.08. The summed E-state index contributed by atoms with van der Waals surface area (Å²) in [6, 6.07) is 13.6. The lowest BCUT2D eigenvalue weighted by Crippen LogP contribution is -2.29. The average Bonchev–Trinajstić information content (AvgIpc) is 2.65. The summed E-state index contributed by atoms with van der Waals surface area (Å²) in [5.74, 6) is 1.11. The van der Waals surface area contributed by atoms with Crippen LogP contribution in [0.4, 0.5) is 0 Å². The van der Waals surface area contributed by atoms with E-state index in [0.29, 0.717) is 17.1 Å². The summed E-state index contributed by atoms with van der Waals surface area (Å²) in [5, 5.41) is 3.13. The topological polar surface area (TPSA) is 47.6 Å². The van der Waals surface area contributed by atoms with Gasteiger partial charge in [0.05, 0.1) is 20.3 Å². The van der Waals surface area contributed by atoms with Gasteiger partial charge in [0.2, 0.25) is 0 Å². The number of nitrogens with one attached hydrogen (secondary N) is 1. The Balaban J connectivity index is 2.31. The molecular formula is C20H25NO3. The van der Waals surface area contributed by atoms with E-state index in [0.717, 1.165) is 24.0 Å². The first kappa shape index (κ1) is 17.9.